The molecular weight excluding hydrogens is 274 g/mol. The molecule has 0 aromatic heterocycles. The first-order valence-corrected chi connectivity index (χ1v) is 9.26. The summed E-state index contributed by atoms with van der Waals surface area (Å²) in [5.74, 6) is 0.881. The van der Waals surface area contributed by atoms with Crippen molar-refractivity contribution in [2.24, 2.45) is 5.92 Å². The van der Waals surface area contributed by atoms with Gasteiger partial charge in [0.25, 0.3) is 0 Å². The zero-order valence-electron chi connectivity index (χ0n) is 15.0. The minimum atomic E-state index is 0.0959. The Hall–Kier alpha value is -0.610. The molecule has 2 unspecified atom stereocenters. The van der Waals surface area contributed by atoms with Gasteiger partial charge in [0.15, 0.2) is 0 Å². The van der Waals surface area contributed by atoms with Gasteiger partial charge in [0.2, 0.25) is 5.91 Å². The average molecular weight is 309 g/mol. The van der Waals surface area contributed by atoms with Gasteiger partial charge in [-0.2, -0.15) is 0 Å². The van der Waals surface area contributed by atoms with E-state index in [0.717, 1.165) is 26.1 Å². The predicted molar refractivity (Wildman–Crippen MR) is 91.9 cm³/mol. The van der Waals surface area contributed by atoms with Gasteiger partial charge in [-0.25, -0.2) is 0 Å². The Morgan fingerprint density at radius 1 is 1.05 bits per heavy atom. The van der Waals surface area contributed by atoms with E-state index in [9.17, 15) is 4.79 Å². The summed E-state index contributed by atoms with van der Waals surface area (Å²) in [6.45, 7) is 13.2. The second-order valence-corrected chi connectivity index (χ2v) is 7.69. The van der Waals surface area contributed by atoms with Crippen LogP contribution in [0.1, 0.15) is 59.8 Å². The number of hydrogen-bond donors (Lipinski definition) is 1. The molecule has 2 heterocycles. The summed E-state index contributed by atoms with van der Waals surface area (Å²) in [5.41, 5.74) is 0. The maximum atomic E-state index is 12.6. The molecule has 0 aliphatic carbocycles. The molecule has 0 aromatic rings. The van der Waals surface area contributed by atoms with E-state index >= 15 is 0 Å². The first-order valence-electron chi connectivity index (χ1n) is 9.26. The number of nitrogens with one attached hydrogen (secondary N) is 1. The smallest absolute Gasteiger partial charge is 0.237 e. The predicted octanol–water partition coefficient (Wildman–Crippen LogP) is 2.49. The lowest BCUT2D eigenvalue weighted by Gasteiger charge is -2.38. The number of amides is 1. The van der Waals surface area contributed by atoms with E-state index in [1.54, 1.807) is 0 Å². The van der Waals surface area contributed by atoms with Gasteiger partial charge in [-0.1, -0.05) is 6.42 Å². The van der Waals surface area contributed by atoms with Crippen molar-refractivity contribution < 1.29 is 4.79 Å². The molecule has 0 saturated carbocycles. The van der Waals surface area contributed by atoms with Gasteiger partial charge in [-0.3, -0.25) is 9.69 Å². The minimum absolute atomic E-state index is 0.0959. The fraction of sp³-hybridized carbons (Fsp3) is 0.944. The zero-order valence-corrected chi connectivity index (χ0v) is 15.0. The summed E-state index contributed by atoms with van der Waals surface area (Å²) in [6, 6.07) is 1.17. The number of piperidine rings is 2. The van der Waals surface area contributed by atoms with Crippen LogP contribution in [0.15, 0.2) is 0 Å². The molecular formula is C18H35N3O. The van der Waals surface area contributed by atoms with Gasteiger partial charge >= 0.3 is 0 Å². The molecule has 2 rings (SSSR count). The van der Waals surface area contributed by atoms with Crippen LogP contribution in [0.25, 0.3) is 0 Å². The van der Waals surface area contributed by atoms with Gasteiger partial charge in [0, 0.05) is 25.2 Å². The standard InChI is InChI=1S/C18H35N3O/c1-14(2)20-10-7-8-16(13-20)12-19-18(22)17-9-5-6-11-21(17)15(3)4/h14-17H,5-13H2,1-4H3,(H,19,22). The Labute approximate surface area is 136 Å². The first-order chi connectivity index (χ1) is 10.5. The van der Waals surface area contributed by atoms with Crippen molar-refractivity contribution in [2.45, 2.75) is 77.9 Å². The van der Waals surface area contributed by atoms with Crippen LogP contribution in [0.4, 0.5) is 0 Å². The Morgan fingerprint density at radius 3 is 2.50 bits per heavy atom. The summed E-state index contributed by atoms with van der Waals surface area (Å²) in [6.07, 6.45) is 5.95. The fourth-order valence-electron chi connectivity index (χ4n) is 3.95. The van der Waals surface area contributed by atoms with Crippen LogP contribution in [0.5, 0.6) is 0 Å². The average Bonchev–Trinajstić information content (AvgIpc) is 2.52. The number of carbonyl (C=O) groups excluding carboxylic acids is 1. The zero-order chi connectivity index (χ0) is 16.1. The van der Waals surface area contributed by atoms with Crippen molar-refractivity contribution in [3.8, 4) is 0 Å². The summed E-state index contributed by atoms with van der Waals surface area (Å²) >= 11 is 0. The van der Waals surface area contributed by atoms with Crippen LogP contribution < -0.4 is 5.32 Å². The van der Waals surface area contributed by atoms with E-state index < -0.39 is 0 Å². The second-order valence-electron chi connectivity index (χ2n) is 7.69. The highest BCUT2D eigenvalue weighted by Crippen LogP contribution is 2.21. The first kappa shape index (κ1) is 17.7. The molecule has 128 valence electrons. The van der Waals surface area contributed by atoms with Gasteiger partial charge in [-0.05, 0) is 72.4 Å². The van der Waals surface area contributed by atoms with Gasteiger partial charge in [0.05, 0.1) is 6.04 Å². The fourth-order valence-corrected chi connectivity index (χ4v) is 3.95. The summed E-state index contributed by atoms with van der Waals surface area (Å²) in [7, 11) is 0. The van der Waals surface area contributed by atoms with E-state index in [4.69, 9.17) is 0 Å². The van der Waals surface area contributed by atoms with Crippen LogP contribution >= 0.6 is 0 Å². The van der Waals surface area contributed by atoms with Gasteiger partial charge < -0.3 is 10.2 Å². The van der Waals surface area contributed by atoms with Crippen LogP contribution in [-0.4, -0.2) is 60.0 Å². The molecule has 0 bridgehead atoms. The Morgan fingerprint density at radius 2 is 1.82 bits per heavy atom. The second kappa shape index (κ2) is 8.30. The molecule has 4 heteroatoms. The Balaban J connectivity index is 1.81. The molecule has 2 fully saturated rings. The third kappa shape index (κ3) is 4.69. The maximum Gasteiger partial charge on any atom is 0.237 e. The van der Waals surface area contributed by atoms with Crippen molar-refractivity contribution >= 4 is 5.91 Å². The third-order valence-corrected chi connectivity index (χ3v) is 5.36. The summed E-state index contributed by atoms with van der Waals surface area (Å²) in [5, 5.41) is 3.26. The largest absolute Gasteiger partial charge is 0.354 e. The lowest BCUT2D eigenvalue weighted by molar-refractivity contribution is -0.128. The molecule has 4 nitrogen and oxygen atoms in total. The number of rotatable bonds is 5. The highest BCUT2D eigenvalue weighted by molar-refractivity contribution is 5.81. The SMILES string of the molecule is CC(C)N1CCCC(CNC(=O)C2CCCCN2C(C)C)C1. The monoisotopic (exact) mass is 309 g/mol. The van der Waals surface area contributed by atoms with Gasteiger partial charge in [-0.15, -0.1) is 0 Å². The van der Waals surface area contributed by atoms with E-state index in [2.05, 4.69) is 42.8 Å². The maximum absolute atomic E-state index is 12.6. The van der Waals surface area contributed by atoms with E-state index in [0.29, 0.717) is 18.0 Å². The van der Waals surface area contributed by atoms with Crippen molar-refractivity contribution in [1.29, 1.82) is 0 Å². The summed E-state index contributed by atoms with van der Waals surface area (Å²) in [4.78, 5) is 17.5. The molecule has 2 atom stereocenters. The lowest BCUT2D eigenvalue weighted by Crippen LogP contribution is -2.53. The van der Waals surface area contributed by atoms with Crippen LogP contribution in [0, 0.1) is 5.92 Å². The number of likely N-dealkylation sites (tertiary alicyclic amines) is 2. The molecule has 0 aromatic carbocycles. The topological polar surface area (TPSA) is 35.6 Å². The normalized spacial score (nSPS) is 28.3. The highest BCUT2D eigenvalue weighted by atomic mass is 16.2. The minimum Gasteiger partial charge on any atom is -0.354 e. The van der Waals surface area contributed by atoms with Crippen molar-refractivity contribution in [2.75, 3.05) is 26.2 Å². The molecule has 2 aliphatic rings. The highest BCUT2D eigenvalue weighted by Gasteiger charge is 2.30. The molecule has 0 radical (unpaired) electrons. The molecule has 2 saturated heterocycles. The van der Waals surface area contributed by atoms with Crippen molar-refractivity contribution in [3.05, 3.63) is 0 Å². The third-order valence-electron chi connectivity index (χ3n) is 5.36. The Bertz CT molecular complexity index is 356. The number of hydrogen-bond acceptors (Lipinski definition) is 3. The molecule has 22 heavy (non-hydrogen) atoms. The number of nitrogens with zero attached hydrogens (tertiary/aromatic N) is 2. The Kier molecular flexibility index (Phi) is 6.69. The molecule has 1 N–H and O–H groups in total. The lowest BCUT2D eigenvalue weighted by atomic mass is 9.96. The van der Waals surface area contributed by atoms with E-state index in [-0.39, 0.29) is 11.9 Å². The number of carbonyl (C=O) groups is 1. The molecule has 1 amide bonds. The van der Waals surface area contributed by atoms with Crippen LogP contribution in [0.2, 0.25) is 0 Å². The van der Waals surface area contributed by atoms with Crippen molar-refractivity contribution in [3.63, 3.8) is 0 Å². The quantitative estimate of drug-likeness (QED) is 0.847. The van der Waals surface area contributed by atoms with E-state index in [1.807, 2.05) is 0 Å². The van der Waals surface area contributed by atoms with Crippen LogP contribution in [0.3, 0.4) is 0 Å². The van der Waals surface area contributed by atoms with Crippen molar-refractivity contribution in [1.82, 2.24) is 15.1 Å². The van der Waals surface area contributed by atoms with Crippen LogP contribution in [-0.2, 0) is 4.79 Å². The molecule has 2 aliphatic heterocycles. The molecule has 0 spiro atoms. The van der Waals surface area contributed by atoms with Gasteiger partial charge in [0.1, 0.15) is 0 Å². The van der Waals surface area contributed by atoms with E-state index in [1.165, 1.54) is 32.2 Å². The summed E-state index contributed by atoms with van der Waals surface area (Å²) < 4.78 is 0.